The highest BCUT2D eigenvalue weighted by Crippen LogP contribution is 2.39. The molecule has 8 nitrogen and oxygen atoms in total. The van der Waals surface area contributed by atoms with E-state index in [0.29, 0.717) is 43.4 Å². The third kappa shape index (κ3) is 3.95. The zero-order chi connectivity index (χ0) is 20.6. The number of benzene rings is 1. The number of nitrogens with zero attached hydrogens (tertiary/aromatic N) is 3. The Morgan fingerprint density at radius 2 is 1.90 bits per heavy atom. The van der Waals surface area contributed by atoms with E-state index in [-0.39, 0.29) is 18.4 Å². The number of aromatic nitrogens is 2. The first-order chi connectivity index (χ1) is 13.8. The molecule has 1 aromatic heterocycles. The van der Waals surface area contributed by atoms with Crippen LogP contribution in [-0.2, 0) is 9.53 Å². The minimum absolute atomic E-state index is 0.0360. The Balaban J connectivity index is 1.42. The van der Waals surface area contributed by atoms with Gasteiger partial charge < -0.3 is 20.1 Å². The molecule has 2 amide bonds. The number of hydrogen-bond donors (Lipinski definition) is 2. The Labute approximate surface area is 169 Å². The fourth-order valence-corrected chi connectivity index (χ4v) is 4.43. The molecule has 4 rings (SSSR count). The summed E-state index contributed by atoms with van der Waals surface area (Å²) in [5, 5.41) is 13.6. The predicted octanol–water partition coefficient (Wildman–Crippen LogP) is 1.28. The number of likely N-dealkylation sites (tertiary alicyclic amines) is 1. The van der Waals surface area contributed by atoms with Crippen LogP contribution in [0.4, 0.5) is 0 Å². The van der Waals surface area contributed by atoms with Crippen molar-refractivity contribution >= 4 is 22.8 Å². The number of piperidine rings is 1. The van der Waals surface area contributed by atoms with E-state index in [1.54, 1.807) is 31.5 Å². The minimum Gasteiger partial charge on any atom is -0.388 e. The largest absolute Gasteiger partial charge is 0.388 e. The molecule has 2 fully saturated rings. The molecule has 0 saturated carbocycles. The number of carbonyl (C=O) groups is 2. The van der Waals surface area contributed by atoms with E-state index in [1.165, 1.54) is 6.92 Å². The number of aliphatic hydroxyl groups is 1. The maximum atomic E-state index is 13.0. The highest BCUT2D eigenvalue weighted by atomic mass is 16.5. The molecule has 2 atom stereocenters. The summed E-state index contributed by atoms with van der Waals surface area (Å²) >= 11 is 0. The summed E-state index contributed by atoms with van der Waals surface area (Å²) in [4.78, 5) is 34.7. The summed E-state index contributed by atoms with van der Waals surface area (Å²) in [5.41, 5.74) is 0.531. The standard InChI is InChI=1S/C21H26N4O4/c1-14(26)24-18-12-29-21(13-20(18,2)28)5-9-25(10-6-21)19(27)15-3-4-16-17(11-15)23-8-7-22-16/h3-4,7-8,11,18,28H,5-6,9-10,12-13H2,1-2H3,(H,24,26)/t18-,20-/m0/s1. The zero-order valence-electron chi connectivity index (χ0n) is 16.7. The number of fused-ring (bicyclic) bond motifs is 1. The lowest BCUT2D eigenvalue weighted by molar-refractivity contribution is -0.187. The van der Waals surface area contributed by atoms with Gasteiger partial charge in [-0.05, 0) is 38.0 Å². The summed E-state index contributed by atoms with van der Waals surface area (Å²) in [6.45, 7) is 4.55. The van der Waals surface area contributed by atoms with Crippen LogP contribution in [-0.4, -0.2) is 68.7 Å². The van der Waals surface area contributed by atoms with Gasteiger partial charge in [0.05, 0.1) is 34.9 Å². The zero-order valence-corrected chi connectivity index (χ0v) is 16.7. The second kappa shape index (κ2) is 7.35. The molecule has 2 aliphatic heterocycles. The summed E-state index contributed by atoms with van der Waals surface area (Å²) in [6.07, 6.45) is 4.97. The van der Waals surface area contributed by atoms with Crippen molar-refractivity contribution in [2.75, 3.05) is 19.7 Å². The van der Waals surface area contributed by atoms with Gasteiger partial charge in [-0.15, -0.1) is 0 Å². The van der Waals surface area contributed by atoms with Crippen molar-refractivity contribution in [3.63, 3.8) is 0 Å². The maximum absolute atomic E-state index is 13.0. The molecule has 3 heterocycles. The van der Waals surface area contributed by atoms with E-state index in [4.69, 9.17) is 4.74 Å². The Morgan fingerprint density at radius 1 is 1.21 bits per heavy atom. The number of carbonyl (C=O) groups excluding carboxylic acids is 2. The van der Waals surface area contributed by atoms with Crippen molar-refractivity contribution < 1.29 is 19.4 Å². The second-order valence-corrected chi connectivity index (χ2v) is 8.33. The topological polar surface area (TPSA) is 105 Å². The predicted molar refractivity (Wildman–Crippen MR) is 106 cm³/mol. The molecular weight excluding hydrogens is 372 g/mol. The van der Waals surface area contributed by atoms with Crippen molar-refractivity contribution in [3.05, 3.63) is 36.2 Å². The minimum atomic E-state index is -1.05. The lowest BCUT2D eigenvalue weighted by Gasteiger charge is -2.51. The maximum Gasteiger partial charge on any atom is 0.253 e. The first kappa shape index (κ1) is 19.7. The number of ether oxygens (including phenoxy) is 1. The molecule has 1 aromatic carbocycles. The molecule has 8 heteroatoms. The summed E-state index contributed by atoms with van der Waals surface area (Å²) in [5.74, 6) is -0.221. The van der Waals surface area contributed by atoms with Crippen molar-refractivity contribution in [1.82, 2.24) is 20.2 Å². The number of hydrogen-bond acceptors (Lipinski definition) is 6. The summed E-state index contributed by atoms with van der Waals surface area (Å²) < 4.78 is 6.12. The van der Waals surface area contributed by atoms with Crippen LogP contribution < -0.4 is 5.32 Å². The summed E-state index contributed by atoms with van der Waals surface area (Å²) in [7, 11) is 0. The Morgan fingerprint density at radius 3 is 2.55 bits per heavy atom. The molecule has 0 aliphatic carbocycles. The smallest absolute Gasteiger partial charge is 0.253 e. The lowest BCUT2D eigenvalue weighted by Crippen LogP contribution is -2.64. The van der Waals surface area contributed by atoms with Gasteiger partial charge in [0, 0.05) is 44.4 Å². The van der Waals surface area contributed by atoms with Crippen molar-refractivity contribution in [2.45, 2.75) is 50.4 Å². The molecule has 2 aromatic rings. The molecule has 29 heavy (non-hydrogen) atoms. The van der Waals surface area contributed by atoms with Gasteiger partial charge in [-0.25, -0.2) is 0 Å². The normalized spacial score (nSPS) is 26.4. The van der Waals surface area contributed by atoms with Gasteiger partial charge in [0.1, 0.15) is 0 Å². The lowest BCUT2D eigenvalue weighted by atomic mass is 9.75. The molecule has 154 valence electrons. The first-order valence-electron chi connectivity index (χ1n) is 9.92. The van der Waals surface area contributed by atoms with Gasteiger partial charge in [0.2, 0.25) is 5.91 Å². The molecule has 2 aliphatic rings. The van der Waals surface area contributed by atoms with Crippen LogP contribution in [0, 0.1) is 0 Å². The van der Waals surface area contributed by atoms with Gasteiger partial charge >= 0.3 is 0 Å². The fraction of sp³-hybridized carbons (Fsp3) is 0.524. The average Bonchev–Trinajstić information content (AvgIpc) is 2.69. The van der Waals surface area contributed by atoms with Gasteiger partial charge in [0.15, 0.2) is 0 Å². The van der Waals surface area contributed by atoms with E-state index < -0.39 is 17.2 Å². The molecule has 2 saturated heterocycles. The van der Waals surface area contributed by atoms with Gasteiger partial charge in [-0.3, -0.25) is 19.6 Å². The molecule has 0 radical (unpaired) electrons. The fourth-order valence-electron chi connectivity index (χ4n) is 4.43. The van der Waals surface area contributed by atoms with E-state index in [0.717, 1.165) is 5.52 Å². The van der Waals surface area contributed by atoms with Crippen LogP contribution in [0.15, 0.2) is 30.6 Å². The van der Waals surface area contributed by atoms with E-state index >= 15 is 0 Å². The third-order valence-electron chi connectivity index (χ3n) is 6.04. The quantitative estimate of drug-likeness (QED) is 0.790. The summed E-state index contributed by atoms with van der Waals surface area (Å²) in [6, 6.07) is 4.94. The Kier molecular flexibility index (Phi) is 5.00. The highest BCUT2D eigenvalue weighted by Gasteiger charge is 2.49. The van der Waals surface area contributed by atoms with Crippen LogP contribution in [0.2, 0.25) is 0 Å². The first-order valence-corrected chi connectivity index (χ1v) is 9.92. The van der Waals surface area contributed by atoms with Crippen molar-refractivity contribution in [2.24, 2.45) is 0 Å². The number of nitrogens with one attached hydrogen (secondary N) is 1. The molecule has 2 N–H and O–H groups in total. The van der Waals surface area contributed by atoms with Crippen LogP contribution in [0.3, 0.4) is 0 Å². The Bertz CT molecular complexity index is 937. The van der Waals surface area contributed by atoms with E-state index in [2.05, 4.69) is 15.3 Å². The van der Waals surface area contributed by atoms with Crippen LogP contribution in [0.25, 0.3) is 11.0 Å². The van der Waals surface area contributed by atoms with Crippen LogP contribution in [0.1, 0.15) is 43.5 Å². The van der Waals surface area contributed by atoms with Crippen LogP contribution in [0.5, 0.6) is 0 Å². The van der Waals surface area contributed by atoms with Crippen molar-refractivity contribution in [1.29, 1.82) is 0 Å². The van der Waals surface area contributed by atoms with E-state index in [1.807, 2.05) is 11.0 Å². The van der Waals surface area contributed by atoms with Gasteiger partial charge in [-0.1, -0.05) is 0 Å². The highest BCUT2D eigenvalue weighted by molar-refractivity contribution is 5.97. The average molecular weight is 398 g/mol. The third-order valence-corrected chi connectivity index (χ3v) is 6.04. The number of rotatable bonds is 2. The van der Waals surface area contributed by atoms with E-state index in [9.17, 15) is 14.7 Å². The second-order valence-electron chi connectivity index (χ2n) is 8.33. The van der Waals surface area contributed by atoms with Gasteiger partial charge in [-0.2, -0.15) is 0 Å². The van der Waals surface area contributed by atoms with Crippen LogP contribution >= 0.6 is 0 Å². The molecular formula is C21H26N4O4. The van der Waals surface area contributed by atoms with Gasteiger partial charge in [0.25, 0.3) is 5.91 Å². The Hall–Kier alpha value is -2.58. The molecule has 0 bridgehead atoms. The molecule has 0 unspecified atom stereocenters. The van der Waals surface area contributed by atoms with Crippen molar-refractivity contribution in [3.8, 4) is 0 Å². The monoisotopic (exact) mass is 398 g/mol. The number of amides is 2. The molecule has 1 spiro atoms. The SMILES string of the molecule is CC(=O)N[C@H]1COC2(CCN(C(=O)c3ccc4nccnc4c3)CC2)C[C@]1(C)O.